The number of esters is 1. The number of non-ortho nitro benzene ring substituents is 1. The molecule has 2 heterocycles. The average Bonchev–Trinajstić information content (AvgIpc) is 3.29. The summed E-state index contributed by atoms with van der Waals surface area (Å²) in [5, 5.41) is 11.5. The number of methoxy groups -OCH3 is 1. The van der Waals surface area contributed by atoms with Gasteiger partial charge in [-0.15, -0.1) is 0 Å². The van der Waals surface area contributed by atoms with Crippen molar-refractivity contribution in [3.63, 3.8) is 0 Å². The van der Waals surface area contributed by atoms with E-state index in [1.165, 1.54) is 35.1 Å². The predicted molar refractivity (Wildman–Crippen MR) is 161 cm³/mol. The highest BCUT2D eigenvalue weighted by molar-refractivity contribution is 7.07. The Balaban J connectivity index is 1.53. The summed E-state index contributed by atoms with van der Waals surface area (Å²) in [7, 11) is 1.31. The second-order valence-corrected chi connectivity index (χ2v) is 11.1. The van der Waals surface area contributed by atoms with E-state index >= 15 is 0 Å². The van der Waals surface area contributed by atoms with E-state index < -0.39 is 16.9 Å². The molecule has 0 bridgehead atoms. The van der Waals surface area contributed by atoms with E-state index in [0.717, 1.165) is 5.56 Å². The Morgan fingerprint density at radius 2 is 1.83 bits per heavy atom. The van der Waals surface area contributed by atoms with Crippen LogP contribution in [0.3, 0.4) is 0 Å². The van der Waals surface area contributed by atoms with Crippen LogP contribution < -0.4 is 19.6 Å². The number of benzene rings is 3. The molecular weight excluding hydrogens is 601 g/mol. The summed E-state index contributed by atoms with van der Waals surface area (Å²) in [6.45, 7) is 1.91. The van der Waals surface area contributed by atoms with Crippen molar-refractivity contribution in [3.8, 4) is 5.75 Å². The molecule has 0 saturated heterocycles. The van der Waals surface area contributed by atoms with Gasteiger partial charge >= 0.3 is 5.97 Å². The number of carbonyl (C=O) groups excluding carboxylic acids is 1. The van der Waals surface area contributed by atoms with Crippen LogP contribution in [-0.2, 0) is 16.1 Å². The SMILES string of the molecule is CCC1=C(C(=O)OC)[C@H](c2ccccc2)n2c(s/c(=C\c3cc(Cl)c(OCc4cccc([N+](=O)[O-])c4)c(Cl)c3)c2=O)=N1. The first kappa shape index (κ1) is 29.2. The normalized spacial score (nSPS) is 14.8. The van der Waals surface area contributed by atoms with Crippen LogP contribution in [0.4, 0.5) is 5.69 Å². The van der Waals surface area contributed by atoms with Crippen molar-refractivity contribution in [1.82, 2.24) is 4.57 Å². The Labute approximate surface area is 253 Å². The van der Waals surface area contributed by atoms with Crippen molar-refractivity contribution in [2.45, 2.75) is 26.0 Å². The summed E-state index contributed by atoms with van der Waals surface area (Å²) in [5.74, 6) is -0.333. The van der Waals surface area contributed by atoms with Gasteiger partial charge in [0.2, 0.25) is 0 Å². The van der Waals surface area contributed by atoms with E-state index in [2.05, 4.69) is 4.99 Å². The molecule has 0 amide bonds. The maximum absolute atomic E-state index is 13.8. The first-order valence-electron chi connectivity index (χ1n) is 12.7. The largest absolute Gasteiger partial charge is 0.486 e. The van der Waals surface area contributed by atoms with Crippen LogP contribution in [-0.4, -0.2) is 22.6 Å². The van der Waals surface area contributed by atoms with Crippen molar-refractivity contribution in [2.75, 3.05) is 7.11 Å². The predicted octanol–water partition coefficient (Wildman–Crippen LogP) is 5.59. The summed E-state index contributed by atoms with van der Waals surface area (Å²) in [6.07, 6.45) is 2.13. The Morgan fingerprint density at radius 1 is 1.12 bits per heavy atom. The number of nitro groups is 1. The third-order valence-corrected chi connectivity index (χ3v) is 8.13. The van der Waals surface area contributed by atoms with E-state index in [1.54, 1.807) is 30.3 Å². The minimum atomic E-state index is -0.705. The highest BCUT2D eigenvalue weighted by Crippen LogP contribution is 2.35. The molecule has 42 heavy (non-hydrogen) atoms. The maximum atomic E-state index is 13.8. The Morgan fingerprint density at radius 3 is 2.48 bits per heavy atom. The van der Waals surface area contributed by atoms with Crippen molar-refractivity contribution >= 4 is 52.3 Å². The minimum absolute atomic E-state index is 0.0147. The van der Waals surface area contributed by atoms with Crippen molar-refractivity contribution < 1.29 is 19.2 Å². The number of fused-ring (bicyclic) bond motifs is 1. The van der Waals surface area contributed by atoms with Crippen LogP contribution in [0, 0.1) is 10.1 Å². The Bertz CT molecular complexity index is 1890. The number of allylic oxidation sites excluding steroid dienone is 1. The topological polar surface area (TPSA) is 113 Å². The first-order valence-corrected chi connectivity index (χ1v) is 14.3. The first-order chi connectivity index (χ1) is 20.2. The van der Waals surface area contributed by atoms with E-state index in [9.17, 15) is 19.7 Å². The van der Waals surface area contributed by atoms with Gasteiger partial charge in [-0.2, -0.15) is 0 Å². The number of hydrogen-bond acceptors (Lipinski definition) is 8. The number of hydrogen-bond donors (Lipinski definition) is 0. The third-order valence-electron chi connectivity index (χ3n) is 6.59. The van der Waals surface area contributed by atoms with E-state index in [1.807, 2.05) is 37.3 Å². The second-order valence-electron chi connectivity index (χ2n) is 9.23. The van der Waals surface area contributed by atoms with E-state index in [0.29, 0.717) is 38.2 Å². The third kappa shape index (κ3) is 5.74. The standard InChI is InChI=1S/C30H23Cl2N3O6S/c1-3-23-25(29(37)40-2)26(19-9-5-4-6-10-19)34-28(36)24(42-30(34)33-23)15-18-13-21(31)27(22(32)14-18)41-16-17-8-7-11-20(12-17)35(38)39/h4-15,26H,3,16H2,1-2H3/b24-15-/t26-/m0/s1. The molecule has 4 aromatic rings. The summed E-state index contributed by atoms with van der Waals surface area (Å²) in [4.78, 5) is 42.4. The number of rotatable bonds is 8. The summed E-state index contributed by atoms with van der Waals surface area (Å²) < 4.78 is 12.8. The van der Waals surface area contributed by atoms with Crippen molar-refractivity contribution in [3.05, 3.63) is 135 Å². The molecule has 9 nitrogen and oxygen atoms in total. The molecular formula is C30H23Cl2N3O6S. The van der Waals surface area contributed by atoms with Gasteiger partial charge in [0.25, 0.3) is 11.2 Å². The minimum Gasteiger partial charge on any atom is -0.486 e. The van der Waals surface area contributed by atoms with Gasteiger partial charge in [-0.3, -0.25) is 19.5 Å². The molecule has 5 rings (SSSR count). The molecule has 0 fully saturated rings. The van der Waals surface area contributed by atoms with E-state index in [-0.39, 0.29) is 33.6 Å². The number of thiazole rings is 1. The van der Waals surface area contributed by atoms with Gasteiger partial charge in [-0.05, 0) is 41.3 Å². The summed E-state index contributed by atoms with van der Waals surface area (Å²) in [5.41, 5.74) is 2.38. The zero-order chi connectivity index (χ0) is 30.0. The monoisotopic (exact) mass is 623 g/mol. The Kier molecular flexibility index (Phi) is 8.58. The number of aromatic nitrogens is 1. The quantitative estimate of drug-likeness (QED) is 0.144. The number of ether oxygens (including phenoxy) is 2. The van der Waals surface area contributed by atoms with Crippen LogP contribution in [0.5, 0.6) is 5.75 Å². The van der Waals surface area contributed by atoms with Crippen LogP contribution in [0.2, 0.25) is 10.0 Å². The number of halogens is 2. The highest BCUT2D eigenvalue weighted by Gasteiger charge is 2.33. The zero-order valence-electron chi connectivity index (χ0n) is 22.4. The molecule has 1 aliphatic rings. The highest BCUT2D eigenvalue weighted by atomic mass is 35.5. The lowest BCUT2D eigenvalue weighted by Crippen LogP contribution is -2.40. The molecule has 12 heteroatoms. The molecule has 0 aliphatic carbocycles. The van der Waals surface area contributed by atoms with Gasteiger partial charge in [0, 0.05) is 12.1 Å². The molecule has 1 atom stereocenters. The number of nitrogens with zero attached hydrogens (tertiary/aromatic N) is 3. The van der Waals surface area contributed by atoms with Gasteiger partial charge in [-0.1, -0.05) is 83.9 Å². The average molecular weight is 625 g/mol. The van der Waals surface area contributed by atoms with Gasteiger partial charge in [0.15, 0.2) is 10.6 Å². The number of nitro benzene ring substituents is 1. The molecule has 0 unspecified atom stereocenters. The van der Waals surface area contributed by atoms with Gasteiger partial charge in [0.05, 0.1) is 43.9 Å². The lowest BCUT2D eigenvalue weighted by atomic mass is 9.95. The summed E-state index contributed by atoms with van der Waals surface area (Å²) >= 11 is 14.2. The Hall–Kier alpha value is -4.25. The lowest BCUT2D eigenvalue weighted by molar-refractivity contribution is -0.384. The van der Waals surface area contributed by atoms with Gasteiger partial charge < -0.3 is 9.47 Å². The lowest BCUT2D eigenvalue weighted by Gasteiger charge is -2.25. The molecule has 1 aromatic heterocycles. The molecule has 0 N–H and O–H groups in total. The molecule has 0 spiro atoms. The fourth-order valence-electron chi connectivity index (χ4n) is 4.68. The zero-order valence-corrected chi connectivity index (χ0v) is 24.7. The fourth-order valence-corrected chi connectivity index (χ4v) is 6.32. The molecule has 1 aliphatic heterocycles. The molecule has 3 aromatic carbocycles. The maximum Gasteiger partial charge on any atom is 0.338 e. The van der Waals surface area contributed by atoms with E-state index in [4.69, 9.17) is 32.7 Å². The second kappa shape index (κ2) is 12.3. The van der Waals surface area contributed by atoms with Crippen LogP contribution in [0.15, 0.2) is 87.8 Å². The van der Waals surface area contributed by atoms with Gasteiger partial charge in [0.1, 0.15) is 6.61 Å². The van der Waals surface area contributed by atoms with Crippen LogP contribution >= 0.6 is 34.5 Å². The smallest absolute Gasteiger partial charge is 0.338 e. The van der Waals surface area contributed by atoms with Gasteiger partial charge in [-0.25, -0.2) is 9.79 Å². The molecule has 214 valence electrons. The molecule has 0 saturated carbocycles. The van der Waals surface area contributed by atoms with Crippen molar-refractivity contribution in [1.29, 1.82) is 0 Å². The van der Waals surface area contributed by atoms with Crippen LogP contribution in [0.1, 0.15) is 36.1 Å². The number of carbonyl (C=O) groups is 1. The van der Waals surface area contributed by atoms with Crippen LogP contribution in [0.25, 0.3) is 6.08 Å². The summed E-state index contributed by atoms with van der Waals surface area (Å²) in [6, 6.07) is 17.9. The molecule has 0 radical (unpaired) electrons. The van der Waals surface area contributed by atoms with Crippen molar-refractivity contribution in [2.24, 2.45) is 4.99 Å². The fraction of sp³-hybridized carbons (Fsp3) is 0.167.